The third kappa shape index (κ3) is 5.06. The van der Waals surface area contributed by atoms with Gasteiger partial charge < -0.3 is 15.8 Å². The number of rotatable bonds is 7. The average molecular weight is 226 g/mol. The summed E-state index contributed by atoms with van der Waals surface area (Å²) < 4.78 is 5.54. The highest BCUT2D eigenvalue weighted by Crippen LogP contribution is 2.18. The van der Waals surface area contributed by atoms with E-state index >= 15 is 0 Å². The average Bonchev–Trinajstić information content (AvgIpc) is 2.30. The second-order valence-electron chi connectivity index (χ2n) is 3.06. The van der Waals surface area contributed by atoms with Gasteiger partial charge in [0.15, 0.2) is 0 Å². The fourth-order valence-electron chi connectivity index (χ4n) is 1.14. The third-order valence-electron chi connectivity index (χ3n) is 1.93. The van der Waals surface area contributed by atoms with E-state index in [4.69, 9.17) is 10.5 Å². The van der Waals surface area contributed by atoms with Gasteiger partial charge in [-0.25, -0.2) is 0 Å². The number of benzene rings is 1. The molecule has 0 aliphatic rings. The molecular weight excluding hydrogens is 208 g/mol. The summed E-state index contributed by atoms with van der Waals surface area (Å²) in [6.07, 6.45) is 2.06. The van der Waals surface area contributed by atoms with Gasteiger partial charge in [-0.15, -0.1) is 11.8 Å². The number of ether oxygens (including phenoxy) is 1. The topological polar surface area (TPSA) is 47.3 Å². The lowest BCUT2D eigenvalue weighted by molar-refractivity contribution is 0.314. The van der Waals surface area contributed by atoms with Crippen LogP contribution in [0.2, 0.25) is 0 Å². The summed E-state index contributed by atoms with van der Waals surface area (Å²) in [4.78, 5) is 1.25. The van der Waals surface area contributed by atoms with Crippen molar-refractivity contribution < 1.29 is 4.74 Å². The summed E-state index contributed by atoms with van der Waals surface area (Å²) in [6.45, 7) is 3.03. The van der Waals surface area contributed by atoms with E-state index in [1.54, 1.807) is 11.8 Å². The molecule has 1 aromatic rings. The molecule has 0 unspecified atom stereocenters. The van der Waals surface area contributed by atoms with Crippen LogP contribution in [-0.2, 0) is 0 Å². The highest BCUT2D eigenvalue weighted by Gasteiger charge is 1.93. The van der Waals surface area contributed by atoms with Crippen LogP contribution >= 0.6 is 11.8 Å². The first-order valence-corrected chi connectivity index (χ1v) is 6.27. The SMILES string of the molecule is CSc1ccc(OCCNCCN)cc1. The molecule has 0 aliphatic carbocycles. The van der Waals surface area contributed by atoms with Crippen LogP contribution in [-0.4, -0.2) is 32.5 Å². The van der Waals surface area contributed by atoms with Crippen LogP contribution < -0.4 is 15.8 Å². The molecule has 0 fully saturated rings. The predicted octanol–water partition coefficient (Wildman–Crippen LogP) is 1.34. The van der Waals surface area contributed by atoms with E-state index in [1.165, 1.54) is 4.90 Å². The van der Waals surface area contributed by atoms with E-state index in [9.17, 15) is 0 Å². The van der Waals surface area contributed by atoms with Gasteiger partial charge in [-0.05, 0) is 30.5 Å². The normalized spacial score (nSPS) is 10.3. The number of nitrogens with one attached hydrogen (secondary N) is 1. The first kappa shape index (κ1) is 12.4. The summed E-state index contributed by atoms with van der Waals surface area (Å²) in [5, 5.41) is 3.17. The highest BCUT2D eigenvalue weighted by molar-refractivity contribution is 7.98. The maximum Gasteiger partial charge on any atom is 0.119 e. The van der Waals surface area contributed by atoms with Gasteiger partial charge in [0.05, 0.1) is 0 Å². The minimum Gasteiger partial charge on any atom is -0.492 e. The van der Waals surface area contributed by atoms with Crippen molar-refractivity contribution in [3.8, 4) is 5.75 Å². The van der Waals surface area contributed by atoms with Crippen LogP contribution in [0.1, 0.15) is 0 Å². The van der Waals surface area contributed by atoms with E-state index in [1.807, 2.05) is 12.1 Å². The Morgan fingerprint density at radius 1 is 1.27 bits per heavy atom. The van der Waals surface area contributed by atoms with E-state index in [0.717, 1.165) is 18.8 Å². The van der Waals surface area contributed by atoms with Gasteiger partial charge in [-0.1, -0.05) is 0 Å². The molecular formula is C11H18N2OS. The summed E-state index contributed by atoms with van der Waals surface area (Å²) in [5.41, 5.74) is 5.35. The molecule has 0 aliphatic heterocycles. The molecule has 1 rings (SSSR count). The van der Waals surface area contributed by atoms with Crippen molar-refractivity contribution in [1.29, 1.82) is 0 Å². The monoisotopic (exact) mass is 226 g/mol. The van der Waals surface area contributed by atoms with Crippen LogP contribution in [0, 0.1) is 0 Å². The molecule has 4 heteroatoms. The fraction of sp³-hybridized carbons (Fsp3) is 0.455. The molecule has 3 nitrogen and oxygen atoms in total. The van der Waals surface area contributed by atoms with Gasteiger partial charge in [0.1, 0.15) is 12.4 Å². The molecule has 84 valence electrons. The number of hydrogen-bond acceptors (Lipinski definition) is 4. The van der Waals surface area contributed by atoms with Crippen LogP contribution in [0.5, 0.6) is 5.75 Å². The largest absolute Gasteiger partial charge is 0.492 e. The smallest absolute Gasteiger partial charge is 0.119 e. The fourth-order valence-corrected chi connectivity index (χ4v) is 1.55. The first-order valence-electron chi connectivity index (χ1n) is 5.04. The van der Waals surface area contributed by atoms with Gasteiger partial charge in [-0.3, -0.25) is 0 Å². The second-order valence-corrected chi connectivity index (χ2v) is 3.94. The van der Waals surface area contributed by atoms with Crippen molar-refractivity contribution >= 4 is 11.8 Å². The van der Waals surface area contributed by atoms with Gasteiger partial charge in [0, 0.05) is 24.5 Å². The summed E-state index contributed by atoms with van der Waals surface area (Å²) in [7, 11) is 0. The van der Waals surface area contributed by atoms with Crippen molar-refractivity contribution in [2.24, 2.45) is 5.73 Å². The molecule has 0 saturated carbocycles. The highest BCUT2D eigenvalue weighted by atomic mass is 32.2. The Hall–Kier alpha value is -0.710. The lowest BCUT2D eigenvalue weighted by atomic mass is 10.3. The molecule has 3 N–H and O–H groups in total. The standard InChI is InChI=1S/C11H18N2OS/c1-15-11-4-2-10(3-5-11)14-9-8-13-7-6-12/h2-5,13H,6-9,12H2,1H3. The van der Waals surface area contributed by atoms with E-state index < -0.39 is 0 Å². The van der Waals surface area contributed by atoms with Crippen molar-refractivity contribution in [3.63, 3.8) is 0 Å². The molecule has 0 spiro atoms. The molecule has 0 atom stereocenters. The lowest BCUT2D eigenvalue weighted by Gasteiger charge is -2.07. The number of thioether (sulfide) groups is 1. The van der Waals surface area contributed by atoms with Crippen LogP contribution in [0.15, 0.2) is 29.2 Å². The zero-order valence-corrected chi connectivity index (χ0v) is 9.85. The quantitative estimate of drug-likeness (QED) is 0.544. The van der Waals surface area contributed by atoms with E-state index in [2.05, 4.69) is 23.7 Å². The third-order valence-corrected chi connectivity index (χ3v) is 2.67. The zero-order chi connectivity index (χ0) is 10.9. The Balaban J connectivity index is 2.20. The predicted molar refractivity (Wildman–Crippen MR) is 65.6 cm³/mol. The Morgan fingerprint density at radius 2 is 2.00 bits per heavy atom. The van der Waals surface area contributed by atoms with Crippen molar-refractivity contribution in [3.05, 3.63) is 24.3 Å². The van der Waals surface area contributed by atoms with E-state index in [-0.39, 0.29) is 0 Å². The van der Waals surface area contributed by atoms with Crippen molar-refractivity contribution in [2.45, 2.75) is 4.90 Å². The number of hydrogen-bond donors (Lipinski definition) is 2. The summed E-state index contributed by atoms with van der Waals surface area (Å²) in [6, 6.07) is 8.12. The van der Waals surface area contributed by atoms with Crippen LogP contribution in [0.3, 0.4) is 0 Å². The van der Waals surface area contributed by atoms with Crippen LogP contribution in [0.4, 0.5) is 0 Å². The maximum absolute atomic E-state index is 5.54. The Labute approximate surface area is 95.4 Å². The van der Waals surface area contributed by atoms with Gasteiger partial charge in [0.25, 0.3) is 0 Å². The summed E-state index contributed by atoms with van der Waals surface area (Å²) >= 11 is 1.73. The zero-order valence-electron chi connectivity index (χ0n) is 9.03. The van der Waals surface area contributed by atoms with Gasteiger partial charge in [-0.2, -0.15) is 0 Å². The number of nitrogens with two attached hydrogens (primary N) is 1. The minimum absolute atomic E-state index is 0.669. The summed E-state index contributed by atoms with van der Waals surface area (Å²) in [5.74, 6) is 0.919. The lowest BCUT2D eigenvalue weighted by Crippen LogP contribution is -2.26. The molecule has 0 radical (unpaired) electrons. The Bertz CT molecular complexity index is 264. The van der Waals surface area contributed by atoms with Gasteiger partial charge in [0.2, 0.25) is 0 Å². The molecule has 0 amide bonds. The molecule has 15 heavy (non-hydrogen) atoms. The molecule has 0 aromatic heterocycles. The molecule has 1 aromatic carbocycles. The second kappa shape index (κ2) is 7.56. The van der Waals surface area contributed by atoms with Crippen molar-refractivity contribution in [1.82, 2.24) is 5.32 Å². The Kier molecular flexibility index (Phi) is 6.23. The van der Waals surface area contributed by atoms with Crippen LogP contribution in [0.25, 0.3) is 0 Å². The van der Waals surface area contributed by atoms with E-state index in [0.29, 0.717) is 13.2 Å². The van der Waals surface area contributed by atoms with Gasteiger partial charge >= 0.3 is 0 Å². The van der Waals surface area contributed by atoms with Crippen molar-refractivity contribution in [2.75, 3.05) is 32.5 Å². The molecule has 0 heterocycles. The molecule has 0 bridgehead atoms. The minimum atomic E-state index is 0.669. The molecule has 0 saturated heterocycles. The Morgan fingerprint density at radius 3 is 2.60 bits per heavy atom. The maximum atomic E-state index is 5.54. The first-order chi connectivity index (χ1) is 7.36.